The summed E-state index contributed by atoms with van der Waals surface area (Å²) in [4.78, 5) is 1.73. The van der Waals surface area contributed by atoms with E-state index in [1.165, 1.54) is 24.8 Å². The number of aromatic nitrogens is 3. The third-order valence-electron chi connectivity index (χ3n) is 3.53. The number of hydrogen-bond acceptors (Lipinski definition) is 2. The summed E-state index contributed by atoms with van der Waals surface area (Å²) < 4.78 is 0. The van der Waals surface area contributed by atoms with Crippen LogP contribution in [-0.2, 0) is 6.42 Å². The van der Waals surface area contributed by atoms with Crippen molar-refractivity contribution in [1.29, 1.82) is 0 Å². The van der Waals surface area contributed by atoms with E-state index in [0.717, 1.165) is 23.1 Å². The summed E-state index contributed by atoms with van der Waals surface area (Å²) in [6, 6.07) is 16.3. The summed E-state index contributed by atoms with van der Waals surface area (Å²) in [5.74, 6) is 0. The van der Waals surface area contributed by atoms with E-state index < -0.39 is 0 Å². The minimum Gasteiger partial charge on any atom is -0.150 e. The van der Waals surface area contributed by atoms with Crippen molar-refractivity contribution >= 4 is 11.0 Å². The molecule has 0 aliphatic heterocycles. The molecule has 3 heteroatoms. The average Bonchev–Trinajstić information content (AvgIpc) is 2.93. The maximum atomic E-state index is 4.67. The second kappa shape index (κ2) is 5.87. The number of benzene rings is 2. The zero-order valence-electron chi connectivity index (χ0n) is 11.8. The van der Waals surface area contributed by atoms with Gasteiger partial charge in [0.15, 0.2) is 0 Å². The molecule has 102 valence electrons. The van der Waals surface area contributed by atoms with E-state index in [1.54, 1.807) is 4.80 Å². The highest BCUT2D eigenvalue weighted by Gasteiger charge is 2.08. The standard InChI is InChI=1S/C17H19N3/c1-2-3-5-9-14-10-8-13-16-17(14)19-20(18-16)15-11-6-4-7-12-15/h4,6-8,10-13H,2-3,5,9H2,1H3. The van der Waals surface area contributed by atoms with Crippen LogP contribution in [0.3, 0.4) is 0 Å². The van der Waals surface area contributed by atoms with Gasteiger partial charge in [-0.05, 0) is 36.6 Å². The fourth-order valence-corrected chi connectivity index (χ4v) is 2.44. The molecule has 0 bridgehead atoms. The SMILES string of the molecule is CCCCCc1cccc2nn(-c3ccccc3)nc12. The molecule has 0 atom stereocenters. The number of nitrogens with zero attached hydrogens (tertiary/aromatic N) is 3. The Kier molecular flexibility index (Phi) is 3.77. The molecular formula is C17H19N3. The highest BCUT2D eigenvalue weighted by Crippen LogP contribution is 2.18. The minimum absolute atomic E-state index is 0.975. The lowest BCUT2D eigenvalue weighted by molar-refractivity contribution is 0.717. The molecule has 2 aromatic carbocycles. The molecule has 3 rings (SSSR count). The third-order valence-corrected chi connectivity index (χ3v) is 3.53. The number of rotatable bonds is 5. The van der Waals surface area contributed by atoms with Crippen LogP contribution in [0.15, 0.2) is 48.5 Å². The van der Waals surface area contributed by atoms with E-state index >= 15 is 0 Å². The van der Waals surface area contributed by atoms with Crippen molar-refractivity contribution in [3.05, 3.63) is 54.1 Å². The van der Waals surface area contributed by atoms with Crippen molar-refractivity contribution in [1.82, 2.24) is 15.0 Å². The topological polar surface area (TPSA) is 30.7 Å². The second-order valence-electron chi connectivity index (χ2n) is 5.07. The zero-order valence-corrected chi connectivity index (χ0v) is 11.8. The van der Waals surface area contributed by atoms with E-state index in [0.29, 0.717) is 0 Å². The summed E-state index contributed by atoms with van der Waals surface area (Å²) in [5.41, 5.74) is 4.32. The maximum Gasteiger partial charge on any atom is 0.116 e. The molecule has 0 aliphatic rings. The number of unbranched alkanes of at least 4 members (excludes halogenated alkanes) is 2. The lowest BCUT2D eigenvalue weighted by atomic mass is 10.1. The molecule has 0 radical (unpaired) electrons. The van der Waals surface area contributed by atoms with Crippen LogP contribution in [0.25, 0.3) is 16.7 Å². The maximum absolute atomic E-state index is 4.67. The third kappa shape index (κ3) is 2.57. The van der Waals surface area contributed by atoms with Crippen LogP contribution < -0.4 is 0 Å². The Hall–Kier alpha value is -2.16. The monoisotopic (exact) mass is 265 g/mol. The van der Waals surface area contributed by atoms with Gasteiger partial charge in [0.2, 0.25) is 0 Å². The smallest absolute Gasteiger partial charge is 0.116 e. The molecule has 0 N–H and O–H groups in total. The van der Waals surface area contributed by atoms with Crippen molar-refractivity contribution in [2.45, 2.75) is 32.6 Å². The van der Waals surface area contributed by atoms with Crippen molar-refractivity contribution in [2.24, 2.45) is 0 Å². The molecule has 3 aromatic rings. The predicted molar refractivity (Wildman–Crippen MR) is 82.1 cm³/mol. The van der Waals surface area contributed by atoms with Gasteiger partial charge >= 0.3 is 0 Å². The fourth-order valence-electron chi connectivity index (χ4n) is 2.44. The van der Waals surface area contributed by atoms with Crippen molar-refractivity contribution in [3.8, 4) is 5.69 Å². The van der Waals surface area contributed by atoms with Gasteiger partial charge in [-0.15, -0.1) is 10.2 Å². The number of para-hydroxylation sites is 1. The molecule has 1 aromatic heterocycles. The van der Waals surface area contributed by atoms with Crippen molar-refractivity contribution < 1.29 is 0 Å². The summed E-state index contributed by atoms with van der Waals surface area (Å²) in [5, 5.41) is 9.24. The van der Waals surface area contributed by atoms with Gasteiger partial charge in [-0.1, -0.05) is 50.1 Å². The minimum atomic E-state index is 0.975. The predicted octanol–water partition coefficient (Wildman–Crippen LogP) is 4.15. The van der Waals surface area contributed by atoms with E-state index in [9.17, 15) is 0 Å². The molecule has 0 spiro atoms. The number of aryl methyl sites for hydroxylation is 1. The molecule has 20 heavy (non-hydrogen) atoms. The first-order chi connectivity index (χ1) is 9.88. The van der Waals surface area contributed by atoms with Crippen LogP contribution in [0.1, 0.15) is 31.7 Å². The van der Waals surface area contributed by atoms with Gasteiger partial charge in [0.05, 0.1) is 5.69 Å². The van der Waals surface area contributed by atoms with Crippen LogP contribution in [0, 0.1) is 0 Å². The summed E-state index contributed by atoms with van der Waals surface area (Å²) in [6.07, 6.45) is 4.81. The Morgan fingerprint density at radius 3 is 2.55 bits per heavy atom. The first-order valence-corrected chi connectivity index (χ1v) is 7.29. The Morgan fingerprint density at radius 2 is 1.75 bits per heavy atom. The highest BCUT2D eigenvalue weighted by atomic mass is 15.5. The molecule has 0 aliphatic carbocycles. The fraction of sp³-hybridized carbons (Fsp3) is 0.294. The van der Waals surface area contributed by atoms with Gasteiger partial charge < -0.3 is 0 Å². The van der Waals surface area contributed by atoms with Crippen LogP contribution in [-0.4, -0.2) is 15.0 Å². The molecule has 0 amide bonds. The zero-order chi connectivity index (χ0) is 13.8. The molecule has 0 saturated carbocycles. The Bertz CT molecular complexity index is 686. The number of fused-ring (bicyclic) bond motifs is 1. The second-order valence-corrected chi connectivity index (χ2v) is 5.07. The summed E-state index contributed by atoms with van der Waals surface area (Å²) in [7, 11) is 0. The van der Waals surface area contributed by atoms with Gasteiger partial charge in [0.25, 0.3) is 0 Å². The first kappa shape index (κ1) is 12.9. The van der Waals surface area contributed by atoms with Gasteiger partial charge in [-0.2, -0.15) is 4.80 Å². The van der Waals surface area contributed by atoms with E-state index in [1.807, 2.05) is 36.4 Å². The Labute approximate surface area is 119 Å². The van der Waals surface area contributed by atoms with Crippen molar-refractivity contribution in [3.63, 3.8) is 0 Å². The lowest BCUT2D eigenvalue weighted by Gasteiger charge is -2.00. The molecular weight excluding hydrogens is 246 g/mol. The highest BCUT2D eigenvalue weighted by molar-refractivity contribution is 5.77. The van der Waals surface area contributed by atoms with E-state index in [4.69, 9.17) is 0 Å². The quantitative estimate of drug-likeness (QED) is 0.649. The van der Waals surface area contributed by atoms with Gasteiger partial charge in [0, 0.05) is 0 Å². The van der Waals surface area contributed by atoms with Crippen LogP contribution in [0.2, 0.25) is 0 Å². The normalized spacial score (nSPS) is 11.1. The molecule has 1 heterocycles. The first-order valence-electron chi connectivity index (χ1n) is 7.29. The van der Waals surface area contributed by atoms with Crippen LogP contribution >= 0.6 is 0 Å². The number of hydrogen-bond donors (Lipinski definition) is 0. The average molecular weight is 265 g/mol. The molecule has 0 fully saturated rings. The van der Waals surface area contributed by atoms with Crippen molar-refractivity contribution in [2.75, 3.05) is 0 Å². The largest absolute Gasteiger partial charge is 0.150 e. The van der Waals surface area contributed by atoms with E-state index in [2.05, 4.69) is 29.3 Å². The molecule has 0 unspecified atom stereocenters. The summed E-state index contributed by atoms with van der Waals surface area (Å²) >= 11 is 0. The molecule has 3 nitrogen and oxygen atoms in total. The van der Waals surface area contributed by atoms with Gasteiger partial charge in [0.1, 0.15) is 11.0 Å². The van der Waals surface area contributed by atoms with Crippen LogP contribution in [0.4, 0.5) is 0 Å². The Morgan fingerprint density at radius 1 is 0.900 bits per heavy atom. The molecule has 0 saturated heterocycles. The Balaban J connectivity index is 1.96. The summed E-state index contributed by atoms with van der Waals surface area (Å²) in [6.45, 7) is 2.23. The lowest BCUT2D eigenvalue weighted by Crippen LogP contribution is -1.97. The van der Waals surface area contributed by atoms with Gasteiger partial charge in [-0.25, -0.2) is 0 Å². The van der Waals surface area contributed by atoms with Crippen LogP contribution in [0.5, 0.6) is 0 Å². The van der Waals surface area contributed by atoms with Gasteiger partial charge in [-0.3, -0.25) is 0 Å². The van der Waals surface area contributed by atoms with E-state index in [-0.39, 0.29) is 0 Å².